The second kappa shape index (κ2) is 7.59. The molecule has 1 aliphatic rings. The van der Waals surface area contributed by atoms with E-state index in [-0.39, 0.29) is 29.3 Å². The molecule has 0 spiro atoms. The molecule has 1 amide bonds. The van der Waals surface area contributed by atoms with Crippen molar-refractivity contribution < 1.29 is 13.2 Å². The molecule has 6 nitrogen and oxygen atoms in total. The smallest absolute Gasteiger partial charge is 0.267 e. The summed E-state index contributed by atoms with van der Waals surface area (Å²) in [6.45, 7) is 3.56. The third-order valence-corrected chi connectivity index (χ3v) is 6.06. The SMILES string of the molecule is Cc1ccc(S(=O)(=O)n2ccc(C(=O)N(C)C3CCNC3)c2)cc1.Cl. The van der Waals surface area contributed by atoms with E-state index in [2.05, 4.69) is 5.32 Å². The van der Waals surface area contributed by atoms with Crippen LogP contribution in [0.3, 0.4) is 0 Å². The highest BCUT2D eigenvalue weighted by Gasteiger charge is 2.25. The molecule has 1 aromatic carbocycles. The zero-order valence-corrected chi connectivity index (χ0v) is 15.8. The lowest BCUT2D eigenvalue weighted by atomic mass is 10.2. The molecule has 1 fully saturated rings. The van der Waals surface area contributed by atoms with E-state index < -0.39 is 10.0 Å². The molecule has 136 valence electrons. The predicted octanol–water partition coefficient (Wildman–Crippen LogP) is 1.89. The molecule has 2 aromatic rings. The van der Waals surface area contributed by atoms with Gasteiger partial charge in [0.1, 0.15) is 0 Å². The van der Waals surface area contributed by atoms with Crippen LogP contribution in [0, 0.1) is 6.92 Å². The second-order valence-corrected chi connectivity index (χ2v) is 7.95. The molecule has 3 rings (SSSR count). The highest BCUT2D eigenvalue weighted by molar-refractivity contribution is 7.90. The van der Waals surface area contributed by atoms with Crippen molar-refractivity contribution in [1.82, 2.24) is 14.2 Å². The van der Waals surface area contributed by atoms with Gasteiger partial charge in [-0.15, -0.1) is 12.4 Å². The van der Waals surface area contributed by atoms with Gasteiger partial charge in [-0.25, -0.2) is 12.4 Å². The highest BCUT2D eigenvalue weighted by atomic mass is 35.5. The largest absolute Gasteiger partial charge is 0.337 e. The molecular formula is C17H22ClN3O3S. The van der Waals surface area contributed by atoms with Crippen LogP contribution in [0.15, 0.2) is 47.6 Å². The summed E-state index contributed by atoms with van der Waals surface area (Å²) >= 11 is 0. The van der Waals surface area contributed by atoms with Crippen LogP contribution in [0.2, 0.25) is 0 Å². The van der Waals surface area contributed by atoms with Crippen LogP contribution >= 0.6 is 12.4 Å². The Kier molecular flexibility index (Phi) is 5.92. The first-order valence-electron chi connectivity index (χ1n) is 7.88. The molecule has 1 aromatic heterocycles. The van der Waals surface area contributed by atoms with Crippen LogP contribution < -0.4 is 5.32 Å². The van der Waals surface area contributed by atoms with Crippen LogP contribution in [-0.2, 0) is 10.0 Å². The molecule has 0 radical (unpaired) electrons. The highest BCUT2D eigenvalue weighted by Crippen LogP contribution is 2.18. The van der Waals surface area contributed by atoms with Gasteiger partial charge in [0.15, 0.2) is 0 Å². The van der Waals surface area contributed by atoms with E-state index in [0.717, 1.165) is 29.0 Å². The number of hydrogen-bond acceptors (Lipinski definition) is 4. The quantitative estimate of drug-likeness (QED) is 0.875. The van der Waals surface area contributed by atoms with Gasteiger partial charge in [-0.2, -0.15) is 0 Å². The average molecular weight is 384 g/mol. The Hall–Kier alpha value is -1.83. The van der Waals surface area contributed by atoms with Crippen LogP contribution in [-0.4, -0.2) is 49.4 Å². The summed E-state index contributed by atoms with van der Waals surface area (Å²) in [5, 5.41) is 3.22. The van der Waals surface area contributed by atoms with E-state index in [4.69, 9.17) is 0 Å². The van der Waals surface area contributed by atoms with E-state index in [0.29, 0.717) is 5.56 Å². The summed E-state index contributed by atoms with van der Waals surface area (Å²) in [7, 11) is -1.92. The zero-order valence-electron chi connectivity index (χ0n) is 14.2. The van der Waals surface area contributed by atoms with E-state index in [1.807, 2.05) is 6.92 Å². The first kappa shape index (κ1) is 19.5. The fourth-order valence-electron chi connectivity index (χ4n) is 2.82. The summed E-state index contributed by atoms with van der Waals surface area (Å²) in [6, 6.07) is 8.35. The molecular weight excluding hydrogens is 362 g/mol. The van der Waals surface area contributed by atoms with Crippen LogP contribution in [0.4, 0.5) is 0 Å². The molecule has 1 atom stereocenters. The molecule has 8 heteroatoms. The lowest BCUT2D eigenvalue weighted by Gasteiger charge is -2.23. The van der Waals surface area contributed by atoms with Crippen LogP contribution in [0.5, 0.6) is 0 Å². The number of aryl methyl sites for hydroxylation is 1. The van der Waals surface area contributed by atoms with Gasteiger partial charge in [0, 0.05) is 32.0 Å². The van der Waals surface area contributed by atoms with Crippen molar-refractivity contribution in [2.24, 2.45) is 0 Å². The summed E-state index contributed by atoms with van der Waals surface area (Å²) in [5.41, 5.74) is 1.37. The summed E-state index contributed by atoms with van der Waals surface area (Å²) in [6.07, 6.45) is 3.71. The predicted molar refractivity (Wildman–Crippen MR) is 98.8 cm³/mol. The van der Waals surface area contributed by atoms with Crippen molar-refractivity contribution >= 4 is 28.3 Å². The minimum atomic E-state index is -3.68. The summed E-state index contributed by atoms with van der Waals surface area (Å²) in [5.74, 6) is -0.165. The third kappa shape index (κ3) is 3.89. The van der Waals surface area contributed by atoms with E-state index in [9.17, 15) is 13.2 Å². The number of aromatic nitrogens is 1. The molecule has 2 heterocycles. The Morgan fingerprint density at radius 3 is 2.52 bits per heavy atom. The molecule has 0 bridgehead atoms. The fourth-order valence-corrected chi connectivity index (χ4v) is 4.02. The van der Waals surface area contributed by atoms with Crippen molar-refractivity contribution in [3.63, 3.8) is 0 Å². The minimum Gasteiger partial charge on any atom is -0.337 e. The number of carbonyl (C=O) groups excluding carboxylic acids is 1. The van der Waals surface area contributed by atoms with Crippen molar-refractivity contribution in [2.75, 3.05) is 20.1 Å². The Balaban J connectivity index is 0.00000225. The van der Waals surface area contributed by atoms with Gasteiger partial charge in [-0.05, 0) is 38.1 Å². The first-order chi connectivity index (χ1) is 11.4. The van der Waals surface area contributed by atoms with E-state index in [1.54, 1.807) is 42.3 Å². The van der Waals surface area contributed by atoms with E-state index >= 15 is 0 Å². The fraction of sp³-hybridized carbons (Fsp3) is 0.353. The summed E-state index contributed by atoms with van der Waals surface area (Å²) in [4.78, 5) is 14.4. The van der Waals surface area contributed by atoms with Crippen molar-refractivity contribution in [3.05, 3.63) is 53.9 Å². The topological polar surface area (TPSA) is 71.4 Å². The number of likely N-dealkylation sites (N-methyl/N-ethyl adjacent to an activating group) is 1. The van der Waals surface area contributed by atoms with Gasteiger partial charge in [0.05, 0.1) is 10.5 Å². The lowest BCUT2D eigenvalue weighted by molar-refractivity contribution is 0.0744. The Morgan fingerprint density at radius 1 is 1.24 bits per heavy atom. The Morgan fingerprint density at radius 2 is 1.92 bits per heavy atom. The number of nitrogens with zero attached hydrogens (tertiary/aromatic N) is 2. The monoisotopic (exact) mass is 383 g/mol. The first-order valence-corrected chi connectivity index (χ1v) is 9.32. The Bertz CT molecular complexity index is 840. The van der Waals surface area contributed by atoms with Crippen molar-refractivity contribution in [1.29, 1.82) is 0 Å². The van der Waals surface area contributed by atoms with Gasteiger partial charge in [-0.3, -0.25) is 4.79 Å². The number of benzene rings is 1. The third-order valence-electron chi connectivity index (χ3n) is 4.41. The molecule has 1 N–H and O–H groups in total. The number of halogens is 1. The van der Waals surface area contributed by atoms with Crippen molar-refractivity contribution in [3.8, 4) is 0 Å². The molecule has 25 heavy (non-hydrogen) atoms. The number of rotatable bonds is 4. The maximum Gasteiger partial charge on any atom is 0.267 e. The maximum absolute atomic E-state index is 12.6. The minimum absolute atomic E-state index is 0. The molecule has 1 saturated heterocycles. The van der Waals surface area contributed by atoms with Gasteiger partial charge < -0.3 is 10.2 Å². The normalized spacial score (nSPS) is 17.1. The van der Waals surface area contributed by atoms with Crippen LogP contribution in [0.1, 0.15) is 22.3 Å². The van der Waals surface area contributed by atoms with Crippen molar-refractivity contribution in [2.45, 2.75) is 24.3 Å². The Labute approximate surface area is 154 Å². The number of nitrogens with one attached hydrogen (secondary N) is 1. The van der Waals surface area contributed by atoms with Gasteiger partial charge in [0.25, 0.3) is 15.9 Å². The molecule has 0 saturated carbocycles. The van der Waals surface area contributed by atoms with Crippen LogP contribution in [0.25, 0.3) is 0 Å². The average Bonchev–Trinajstić information content (AvgIpc) is 3.25. The standard InChI is InChI=1S/C17H21N3O3S.ClH/c1-13-3-5-16(6-4-13)24(22,23)20-10-8-14(12-20)17(21)19(2)15-7-9-18-11-15;/h3-6,8,10,12,15,18H,7,9,11H2,1-2H3;1H. The molecule has 1 unspecified atom stereocenters. The molecule has 1 aliphatic heterocycles. The zero-order chi connectivity index (χ0) is 17.3. The second-order valence-electron chi connectivity index (χ2n) is 6.11. The lowest BCUT2D eigenvalue weighted by Crippen LogP contribution is -2.38. The number of amides is 1. The molecule has 0 aliphatic carbocycles. The number of carbonyl (C=O) groups is 1. The summed E-state index contributed by atoms with van der Waals surface area (Å²) < 4.78 is 26.4. The van der Waals surface area contributed by atoms with Gasteiger partial charge >= 0.3 is 0 Å². The van der Waals surface area contributed by atoms with Gasteiger partial charge in [-0.1, -0.05) is 17.7 Å². The van der Waals surface area contributed by atoms with E-state index in [1.165, 1.54) is 12.4 Å². The maximum atomic E-state index is 12.6. The van der Waals surface area contributed by atoms with Gasteiger partial charge in [0.2, 0.25) is 0 Å². The number of hydrogen-bond donors (Lipinski definition) is 1.